The van der Waals surface area contributed by atoms with Crippen LogP contribution in [0.2, 0.25) is 0 Å². The lowest BCUT2D eigenvalue weighted by Crippen LogP contribution is -2.39. The van der Waals surface area contributed by atoms with Gasteiger partial charge in [-0.25, -0.2) is 14.9 Å². The Morgan fingerprint density at radius 1 is 1.32 bits per heavy atom. The molecule has 2 aromatic rings. The highest BCUT2D eigenvalue weighted by molar-refractivity contribution is 7.99. The second kappa shape index (κ2) is 8.42. The molecule has 1 aliphatic carbocycles. The predicted octanol–water partition coefficient (Wildman–Crippen LogP) is 0.436. The highest BCUT2D eigenvalue weighted by Crippen LogP contribution is 2.25. The smallest absolute Gasteiger partial charge is 0.346 e. The van der Waals surface area contributed by atoms with Crippen molar-refractivity contribution in [1.29, 1.82) is 0 Å². The number of thioether (sulfide) groups is 1. The van der Waals surface area contributed by atoms with Crippen molar-refractivity contribution in [3.63, 3.8) is 0 Å². The van der Waals surface area contributed by atoms with E-state index in [-0.39, 0.29) is 16.7 Å². The fourth-order valence-corrected chi connectivity index (χ4v) is 3.71. The summed E-state index contributed by atoms with van der Waals surface area (Å²) in [6.45, 7) is 0. The third kappa shape index (κ3) is 4.16. The van der Waals surface area contributed by atoms with E-state index in [9.17, 15) is 14.4 Å². The highest BCUT2D eigenvalue weighted by atomic mass is 32.2. The van der Waals surface area contributed by atoms with Crippen LogP contribution in [-0.4, -0.2) is 38.8 Å². The van der Waals surface area contributed by atoms with Gasteiger partial charge in [0.05, 0.1) is 18.6 Å². The maximum atomic E-state index is 12.2. The molecule has 1 N–H and O–H groups in total. The van der Waals surface area contributed by atoms with E-state index in [2.05, 4.69) is 15.6 Å². The molecular weight excluding hydrogens is 382 g/mol. The molecule has 1 aliphatic rings. The second-order valence-electron chi connectivity index (χ2n) is 6.33. The topological polar surface area (TPSA) is 108 Å². The van der Waals surface area contributed by atoms with E-state index >= 15 is 0 Å². The zero-order chi connectivity index (χ0) is 20.3. The fraction of sp³-hybridized carbons (Fsp3) is 0.389. The van der Waals surface area contributed by atoms with Crippen molar-refractivity contribution in [2.24, 2.45) is 19.2 Å². The predicted molar refractivity (Wildman–Crippen MR) is 106 cm³/mol. The van der Waals surface area contributed by atoms with Gasteiger partial charge in [-0.3, -0.25) is 14.2 Å². The molecule has 0 fully saturated rings. The molecule has 0 radical (unpaired) electrons. The molecule has 0 saturated carbocycles. The Kier molecular flexibility index (Phi) is 5.98. The van der Waals surface area contributed by atoms with Gasteiger partial charge in [0.1, 0.15) is 5.75 Å². The second-order valence-corrected chi connectivity index (χ2v) is 7.30. The van der Waals surface area contributed by atoms with Crippen LogP contribution in [0.4, 0.5) is 0 Å². The number of carbonyl (C=O) groups excluding carboxylic acids is 1. The van der Waals surface area contributed by atoms with E-state index in [4.69, 9.17) is 4.74 Å². The molecule has 0 aliphatic heterocycles. The number of carbonyl (C=O) groups is 1. The van der Waals surface area contributed by atoms with Crippen LogP contribution >= 0.6 is 11.8 Å². The average molecular weight is 403 g/mol. The molecule has 28 heavy (non-hydrogen) atoms. The first-order valence-electron chi connectivity index (χ1n) is 8.70. The van der Waals surface area contributed by atoms with Crippen LogP contribution in [0.5, 0.6) is 5.75 Å². The zero-order valence-electron chi connectivity index (χ0n) is 15.9. The first-order chi connectivity index (χ1) is 13.4. The standard InChI is InChI=1S/C18H21N5O4S/c1-22-17(25)16(21-23(2)18(22)26)28-10-15(24)20-19-14-6-4-5-11-9-12(27-3)7-8-13(11)14/h7-9H,4-6,10H2,1-3H3,(H,20,24). The van der Waals surface area contributed by atoms with Gasteiger partial charge in [0.15, 0.2) is 5.03 Å². The number of fused-ring (bicyclic) bond motifs is 1. The quantitative estimate of drug-likeness (QED) is 0.573. The summed E-state index contributed by atoms with van der Waals surface area (Å²) in [6.07, 6.45) is 2.66. The molecule has 10 heteroatoms. The number of benzene rings is 1. The molecule has 0 atom stereocenters. The minimum atomic E-state index is -0.526. The van der Waals surface area contributed by atoms with Crippen LogP contribution in [0.15, 0.2) is 37.9 Å². The van der Waals surface area contributed by atoms with Crippen molar-refractivity contribution >= 4 is 23.4 Å². The minimum Gasteiger partial charge on any atom is -0.497 e. The van der Waals surface area contributed by atoms with E-state index < -0.39 is 11.2 Å². The molecule has 3 rings (SSSR count). The van der Waals surface area contributed by atoms with Crippen LogP contribution in [0.1, 0.15) is 24.0 Å². The van der Waals surface area contributed by atoms with Crippen molar-refractivity contribution in [3.05, 3.63) is 50.2 Å². The van der Waals surface area contributed by atoms with Crippen LogP contribution in [0.25, 0.3) is 0 Å². The fourth-order valence-electron chi connectivity index (χ4n) is 2.94. The number of aryl methyl sites for hydroxylation is 2. The van der Waals surface area contributed by atoms with Crippen molar-refractivity contribution in [2.45, 2.75) is 24.3 Å². The van der Waals surface area contributed by atoms with Gasteiger partial charge in [-0.1, -0.05) is 11.8 Å². The maximum absolute atomic E-state index is 12.2. The number of nitrogens with zero attached hydrogens (tertiary/aromatic N) is 4. The number of methoxy groups -OCH3 is 1. The van der Waals surface area contributed by atoms with E-state index in [1.54, 1.807) is 7.11 Å². The summed E-state index contributed by atoms with van der Waals surface area (Å²) in [4.78, 5) is 35.8. The lowest BCUT2D eigenvalue weighted by molar-refractivity contribution is -0.118. The molecule has 0 spiro atoms. The molecular formula is C18H21N5O4S. The maximum Gasteiger partial charge on any atom is 0.346 e. The largest absolute Gasteiger partial charge is 0.497 e. The Morgan fingerprint density at radius 3 is 2.86 bits per heavy atom. The Bertz CT molecular complexity index is 1060. The minimum absolute atomic E-state index is 0.0350. The Hall–Kier alpha value is -2.88. The van der Waals surface area contributed by atoms with Crippen LogP contribution in [-0.2, 0) is 25.3 Å². The van der Waals surface area contributed by atoms with Gasteiger partial charge in [-0.05, 0) is 43.0 Å². The van der Waals surface area contributed by atoms with E-state index in [0.717, 1.165) is 62.9 Å². The van der Waals surface area contributed by atoms with Gasteiger partial charge in [-0.2, -0.15) is 10.2 Å². The molecule has 9 nitrogen and oxygen atoms in total. The molecule has 1 amide bonds. The van der Waals surface area contributed by atoms with Crippen LogP contribution in [0, 0.1) is 0 Å². The summed E-state index contributed by atoms with van der Waals surface area (Å²) in [7, 11) is 4.45. The van der Waals surface area contributed by atoms with Gasteiger partial charge in [0, 0.05) is 19.7 Å². The average Bonchev–Trinajstić information content (AvgIpc) is 2.71. The monoisotopic (exact) mass is 403 g/mol. The molecule has 1 aromatic heterocycles. The van der Waals surface area contributed by atoms with E-state index in [0.29, 0.717) is 0 Å². The number of rotatable bonds is 5. The van der Waals surface area contributed by atoms with Gasteiger partial charge in [0.25, 0.3) is 5.56 Å². The molecule has 0 bridgehead atoms. The van der Waals surface area contributed by atoms with Gasteiger partial charge < -0.3 is 4.74 Å². The van der Waals surface area contributed by atoms with Gasteiger partial charge in [0.2, 0.25) is 5.91 Å². The molecule has 1 aromatic carbocycles. The summed E-state index contributed by atoms with van der Waals surface area (Å²) in [5, 5.41) is 8.26. The third-order valence-corrected chi connectivity index (χ3v) is 5.37. The van der Waals surface area contributed by atoms with Crippen molar-refractivity contribution in [3.8, 4) is 5.75 Å². The molecule has 0 unspecified atom stereocenters. The van der Waals surface area contributed by atoms with Crippen LogP contribution < -0.4 is 21.4 Å². The SMILES string of the molecule is COc1ccc2c(c1)CCCC2=NNC(=O)CSc1nn(C)c(=O)n(C)c1=O. The van der Waals surface area contributed by atoms with Crippen molar-refractivity contribution < 1.29 is 9.53 Å². The zero-order valence-corrected chi connectivity index (χ0v) is 16.7. The third-order valence-electron chi connectivity index (χ3n) is 4.43. The number of hydrogen-bond acceptors (Lipinski definition) is 7. The summed E-state index contributed by atoms with van der Waals surface area (Å²) >= 11 is 0.967. The Morgan fingerprint density at radius 2 is 2.11 bits per heavy atom. The van der Waals surface area contributed by atoms with Gasteiger partial charge >= 0.3 is 5.69 Å². The Balaban J connectivity index is 1.67. The van der Waals surface area contributed by atoms with Gasteiger partial charge in [-0.15, -0.1) is 0 Å². The number of nitrogens with one attached hydrogen (secondary N) is 1. The summed E-state index contributed by atoms with van der Waals surface area (Å²) in [5.74, 6) is 0.412. The lowest BCUT2D eigenvalue weighted by atomic mass is 9.90. The van der Waals surface area contributed by atoms with Crippen molar-refractivity contribution in [2.75, 3.05) is 12.9 Å². The summed E-state index contributed by atoms with van der Waals surface area (Å²) in [6, 6.07) is 5.81. The highest BCUT2D eigenvalue weighted by Gasteiger charge is 2.17. The number of hydrogen-bond donors (Lipinski definition) is 1. The first kappa shape index (κ1) is 19.9. The normalized spacial score (nSPS) is 14.6. The number of hydrazone groups is 1. The molecule has 1 heterocycles. The molecule has 0 saturated heterocycles. The summed E-state index contributed by atoms with van der Waals surface area (Å²) < 4.78 is 7.28. The number of amides is 1. The van der Waals surface area contributed by atoms with Crippen LogP contribution in [0.3, 0.4) is 0 Å². The Labute approximate surface area is 165 Å². The summed E-state index contributed by atoms with van der Waals surface area (Å²) in [5.41, 5.74) is 4.47. The van der Waals surface area contributed by atoms with E-state index in [1.165, 1.54) is 14.1 Å². The number of ether oxygens (including phenoxy) is 1. The van der Waals surface area contributed by atoms with E-state index in [1.807, 2.05) is 18.2 Å². The molecule has 148 valence electrons. The first-order valence-corrected chi connectivity index (χ1v) is 9.69. The van der Waals surface area contributed by atoms with Crippen molar-refractivity contribution in [1.82, 2.24) is 19.8 Å². The number of aromatic nitrogens is 3. The lowest BCUT2D eigenvalue weighted by Gasteiger charge is -2.18.